The number of nitriles is 1. The number of aromatic nitrogens is 3. The lowest BCUT2D eigenvalue weighted by Gasteiger charge is -2.35. The maximum Gasteiger partial charge on any atom is 0.410 e. The number of allylic oxidation sites excluding steroid dienone is 1. The molecule has 1 amide bonds. The van der Waals surface area contributed by atoms with Crippen LogP contribution in [0.1, 0.15) is 39.7 Å². The Kier molecular flexibility index (Phi) is 6.42. The van der Waals surface area contributed by atoms with Gasteiger partial charge < -0.3 is 25.0 Å². The third kappa shape index (κ3) is 4.66. The van der Waals surface area contributed by atoms with E-state index in [0.717, 1.165) is 5.56 Å². The number of carbonyl (C=O) groups is 1. The first-order valence-electron chi connectivity index (χ1n) is 11.7. The molecule has 0 aliphatic carbocycles. The number of nitrogens with zero attached hydrogens (tertiary/aromatic N) is 6. The van der Waals surface area contributed by atoms with Crippen molar-refractivity contribution in [1.29, 1.82) is 10.7 Å². The Hall–Kier alpha value is -3.65. The summed E-state index contributed by atoms with van der Waals surface area (Å²) in [7, 11) is 0. The molecule has 2 atom stereocenters. The van der Waals surface area contributed by atoms with Gasteiger partial charge in [-0.15, -0.1) is 0 Å². The molecule has 2 aromatic rings. The Labute approximate surface area is 204 Å². The second kappa shape index (κ2) is 9.19. The van der Waals surface area contributed by atoms with Gasteiger partial charge in [0.2, 0.25) is 0 Å². The molecule has 0 spiro atoms. The van der Waals surface area contributed by atoms with E-state index in [-0.39, 0.29) is 18.4 Å². The van der Waals surface area contributed by atoms with E-state index in [1.54, 1.807) is 11.1 Å². The molecule has 0 aromatic carbocycles. The molecule has 2 saturated heterocycles. The summed E-state index contributed by atoms with van der Waals surface area (Å²) in [6.45, 7) is 9.89. The van der Waals surface area contributed by atoms with Gasteiger partial charge in [-0.3, -0.25) is 5.41 Å². The molecule has 0 bridgehead atoms. The topological polar surface area (TPSA) is 146 Å². The summed E-state index contributed by atoms with van der Waals surface area (Å²) in [5.74, 6) is 0.737. The van der Waals surface area contributed by atoms with Crippen LogP contribution >= 0.6 is 0 Å². The number of pyridine rings is 1. The zero-order valence-electron chi connectivity index (χ0n) is 20.6. The Morgan fingerprint density at radius 2 is 2.20 bits per heavy atom. The molecule has 2 fully saturated rings. The number of rotatable bonds is 3. The maximum atomic E-state index is 12.8. The number of hydrogen-bond donors (Lipinski definition) is 2. The average molecular weight is 481 g/mol. The lowest BCUT2D eigenvalue weighted by atomic mass is 9.80. The van der Waals surface area contributed by atoms with Gasteiger partial charge in [0.15, 0.2) is 5.65 Å². The van der Waals surface area contributed by atoms with Crippen LogP contribution in [0, 0.1) is 16.7 Å². The Morgan fingerprint density at radius 3 is 2.86 bits per heavy atom. The van der Waals surface area contributed by atoms with Gasteiger partial charge in [-0.2, -0.15) is 15.0 Å². The zero-order valence-corrected chi connectivity index (χ0v) is 20.6. The van der Waals surface area contributed by atoms with Crippen LogP contribution in [0.4, 0.5) is 10.6 Å². The van der Waals surface area contributed by atoms with Crippen molar-refractivity contribution in [1.82, 2.24) is 19.7 Å². The number of fused-ring (bicyclic) bond motifs is 1. The standard InChI is InChI=1S/C24H32N8O3/c1-16-13-34-10-9-31(16)20-11-18(17-12-28-32(21(17)29-20)19(27)5-7-25)24(14-26)6-8-30(15-24)22(33)35-23(2,3)4/h5,7,11-12,16,27H,6,8-10,13,15,25H2,1-4H3/b7-5-,27-19?/t16-,24?/m1/s1. The number of likely N-dealkylation sites (tertiary alicyclic amines) is 1. The second-order valence-electron chi connectivity index (χ2n) is 10.0. The van der Waals surface area contributed by atoms with Crippen molar-refractivity contribution in [3.8, 4) is 6.07 Å². The summed E-state index contributed by atoms with van der Waals surface area (Å²) < 4.78 is 12.6. The number of amides is 1. The van der Waals surface area contributed by atoms with Crippen molar-refractivity contribution < 1.29 is 14.3 Å². The third-order valence-corrected chi connectivity index (χ3v) is 6.32. The first kappa shape index (κ1) is 24.5. The normalized spacial score (nSPS) is 23.1. The van der Waals surface area contributed by atoms with Crippen LogP contribution in [-0.4, -0.2) is 76.1 Å². The smallest absolute Gasteiger partial charge is 0.410 e. The maximum absolute atomic E-state index is 12.8. The average Bonchev–Trinajstić information content (AvgIpc) is 3.43. The summed E-state index contributed by atoms with van der Waals surface area (Å²) in [5.41, 5.74) is 5.11. The van der Waals surface area contributed by atoms with Gasteiger partial charge in [-0.25, -0.2) is 9.78 Å². The predicted octanol–water partition coefficient (Wildman–Crippen LogP) is 2.36. The molecule has 4 heterocycles. The van der Waals surface area contributed by atoms with Gasteiger partial charge in [-0.1, -0.05) is 0 Å². The largest absolute Gasteiger partial charge is 0.444 e. The second-order valence-corrected chi connectivity index (χ2v) is 10.0. The van der Waals surface area contributed by atoms with Crippen LogP contribution in [0.25, 0.3) is 11.0 Å². The third-order valence-electron chi connectivity index (χ3n) is 6.32. The Bertz CT molecular complexity index is 1210. The Morgan fingerprint density at radius 1 is 1.43 bits per heavy atom. The van der Waals surface area contributed by atoms with Crippen LogP contribution < -0.4 is 10.6 Å². The summed E-state index contributed by atoms with van der Waals surface area (Å²) in [4.78, 5) is 21.4. The van der Waals surface area contributed by atoms with Gasteiger partial charge in [-0.05, 0) is 58.0 Å². The minimum atomic E-state index is -0.970. The molecule has 186 valence electrons. The molecular formula is C24H32N8O3. The molecule has 11 nitrogen and oxygen atoms in total. The zero-order chi connectivity index (χ0) is 25.4. The van der Waals surface area contributed by atoms with Crippen LogP contribution in [0.5, 0.6) is 0 Å². The number of carbonyl (C=O) groups excluding carboxylic acids is 1. The van der Waals surface area contributed by atoms with Crippen LogP contribution in [0.3, 0.4) is 0 Å². The number of ether oxygens (including phenoxy) is 2. The van der Waals surface area contributed by atoms with E-state index in [4.69, 9.17) is 25.6 Å². The lowest BCUT2D eigenvalue weighted by Crippen LogP contribution is -2.44. The van der Waals surface area contributed by atoms with Gasteiger partial charge >= 0.3 is 6.09 Å². The van der Waals surface area contributed by atoms with Crippen molar-refractivity contribution in [3.63, 3.8) is 0 Å². The predicted molar refractivity (Wildman–Crippen MR) is 131 cm³/mol. The fourth-order valence-electron chi connectivity index (χ4n) is 4.60. The first-order chi connectivity index (χ1) is 16.6. The van der Waals surface area contributed by atoms with E-state index in [2.05, 4.69) is 23.0 Å². The molecule has 2 aliphatic rings. The summed E-state index contributed by atoms with van der Waals surface area (Å²) in [6, 6.07) is 4.51. The van der Waals surface area contributed by atoms with Gasteiger partial charge in [0.1, 0.15) is 22.7 Å². The fraction of sp³-hybridized carbons (Fsp3) is 0.542. The quantitative estimate of drug-likeness (QED) is 0.503. The van der Waals surface area contributed by atoms with Crippen molar-refractivity contribution >= 4 is 28.8 Å². The van der Waals surface area contributed by atoms with Gasteiger partial charge in [0.05, 0.1) is 31.5 Å². The molecule has 4 rings (SSSR count). The molecule has 2 aromatic heterocycles. The van der Waals surface area contributed by atoms with E-state index in [0.29, 0.717) is 49.6 Å². The highest BCUT2D eigenvalue weighted by Crippen LogP contribution is 2.40. The molecule has 0 saturated carbocycles. The number of nitrogens with two attached hydrogens (primary N) is 1. The summed E-state index contributed by atoms with van der Waals surface area (Å²) in [6.07, 6.45) is 4.34. The number of anilines is 1. The molecular weight excluding hydrogens is 448 g/mol. The highest BCUT2D eigenvalue weighted by atomic mass is 16.6. The highest BCUT2D eigenvalue weighted by molar-refractivity contribution is 5.98. The molecule has 1 unspecified atom stereocenters. The van der Waals surface area contributed by atoms with E-state index in [1.165, 1.54) is 17.0 Å². The van der Waals surface area contributed by atoms with Crippen molar-refractivity contribution in [2.24, 2.45) is 5.73 Å². The van der Waals surface area contributed by atoms with Gasteiger partial charge in [0, 0.05) is 25.0 Å². The monoisotopic (exact) mass is 480 g/mol. The molecule has 3 N–H and O–H groups in total. The molecule has 35 heavy (non-hydrogen) atoms. The number of hydrogen-bond acceptors (Lipinski definition) is 9. The minimum Gasteiger partial charge on any atom is -0.444 e. The van der Waals surface area contributed by atoms with Gasteiger partial charge in [0.25, 0.3) is 0 Å². The van der Waals surface area contributed by atoms with Crippen molar-refractivity contribution in [3.05, 3.63) is 30.1 Å². The molecule has 2 aliphatic heterocycles. The fourth-order valence-corrected chi connectivity index (χ4v) is 4.60. The van der Waals surface area contributed by atoms with Crippen molar-refractivity contribution in [2.75, 3.05) is 37.7 Å². The van der Waals surface area contributed by atoms with Crippen LogP contribution in [0.15, 0.2) is 24.5 Å². The number of morpholine rings is 1. The number of nitrogens with one attached hydrogen (secondary N) is 1. The Balaban J connectivity index is 1.83. The van der Waals surface area contributed by atoms with Crippen LogP contribution in [-0.2, 0) is 14.9 Å². The minimum absolute atomic E-state index is 0.0564. The van der Waals surface area contributed by atoms with E-state index < -0.39 is 17.1 Å². The summed E-state index contributed by atoms with van der Waals surface area (Å²) >= 11 is 0. The van der Waals surface area contributed by atoms with Crippen LogP contribution in [0.2, 0.25) is 0 Å². The SMILES string of the molecule is C[C@@H]1COCCN1c1cc(C2(C#N)CCN(C(=O)OC(C)(C)C)C2)c2cnn(C(=N)/C=C\N)c2n1. The van der Waals surface area contributed by atoms with E-state index in [1.807, 2.05) is 26.8 Å². The van der Waals surface area contributed by atoms with E-state index >= 15 is 0 Å². The molecule has 0 radical (unpaired) electrons. The first-order valence-corrected chi connectivity index (χ1v) is 11.7. The highest BCUT2D eigenvalue weighted by Gasteiger charge is 2.45. The van der Waals surface area contributed by atoms with Crippen molar-refractivity contribution in [2.45, 2.75) is 51.2 Å². The molecule has 11 heteroatoms. The lowest BCUT2D eigenvalue weighted by molar-refractivity contribution is 0.0288. The van der Waals surface area contributed by atoms with E-state index in [9.17, 15) is 10.1 Å². The summed E-state index contributed by atoms with van der Waals surface area (Å²) in [5, 5.41) is 23.8.